The Kier molecular flexibility index (Phi) is 5.66. The summed E-state index contributed by atoms with van der Waals surface area (Å²) in [5.41, 5.74) is 1.19. The summed E-state index contributed by atoms with van der Waals surface area (Å²) in [5, 5.41) is 0. The van der Waals surface area contributed by atoms with Crippen molar-refractivity contribution in [3.05, 3.63) is 54.0 Å². The summed E-state index contributed by atoms with van der Waals surface area (Å²) in [6.07, 6.45) is 2.92. The second kappa shape index (κ2) is 7.95. The third-order valence-electron chi connectivity index (χ3n) is 4.57. The van der Waals surface area contributed by atoms with Crippen LogP contribution in [0.3, 0.4) is 0 Å². The maximum Gasteiger partial charge on any atom is 0.261 e. The van der Waals surface area contributed by atoms with Gasteiger partial charge in [-0.2, -0.15) is 0 Å². The zero-order valence-electron chi connectivity index (χ0n) is 14.8. The van der Waals surface area contributed by atoms with E-state index in [2.05, 4.69) is 6.92 Å². The SMILES string of the molecule is CCc1ccc(OCC(=O)N(Cc2ccco2)[C@H]2CCS(=O)(=O)C2)cc1. The molecule has 26 heavy (non-hydrogen) atoms. The summed E-state index contributed by atoms with van der Waals surface area (Å²) < 4.78 is 34.6. The average Bonchev–Trinajstić information content (AvgIpc) is 3.27. The highest BCUT2D eigenvalue weighted by Gasteiger charge is 2.35. The van der Waals surface area contributed by atoms with E-state index in [0.717, 1.165) is 6.42 Å². The van der Waals surface area contributed by atoms with Gasteiger partial charge >= 0.3 is 0 Å². The second-order valence-corrected chi connectivity index (χ2v) is 8.67. The van der Waals surface area contributed by atoms with Gasteiger partial charge in [0.05, 0.1) is 24.3 Å². The molecule has 1 saturated heterocycles. The smallest absolute Gasteiger partial charge is 0.261 e. The molecule has 0 radical (unpaired) electrons. The summed E-state index contributed by atoms with van der Waals surface area (Å²) in [5.74, 6) is 1.09. The number of sulfone groups is 1. The van der Waals surface area contributed by atoms with Crippen LogP contribution >= 0.6 is 0 Å². The minimum atomic E-state index is -3.09. The monoisotopic (exact) mass is 377 g/mol. The molecule has 6 nitrogen and oxygen atoms in total. The number of carbonyl (C=O) groups is 1. The number of furan rings is 1. The molecule has 1 atom stereocenters. The normalized spacial score (nSPS) is 18.6. The molecule has 1 aromatic carbocycles. The Bertz CT molecular complexity index is 827. The molecule has 0 aliphatic carbocycles. The summed E-state index contributed by atoms with van der Waals surface area (Å²) in [6.45, 7) is 2.18. The number of amides is 1. The van der Waals surface area contributed by atoms with Crippen LogP contribution in [0.1, 0.15) is 24.7 Å². The maximum absolute atomic E-state index is 12.7. The fraction of sp³-hybridized carbons (Fsp3) is 0.421. The van der Waals surface area contributed by atoms with Crippen LogP contribution < -0.4 is 4.74 Å². The number of hydrogen-bond donors (Lipinski definition) is 0. The molecule has 3 rings (SSSR count). The van der Waals surface area contributed by atoms with E-state index in [0.29, 0.717) is 17.9 Å². The van der Waals surface area contributed by atoms with Gasteiger partial charge in [-0.1, -0.05) is 19.1 Å². The van der Waals surface area contributed by atoms with Gasteiger partial charge in [-0.05, 0) is 42.7 Å². The van der Waals surface area contributed by atoms with Gasteiger partial charge in [-0.25, -0.2) is 8.42 Å². The first-order valence-electron chi connectivity index (χ1n) is 8.71. The third-order valence-corrected chi connectivity index (χ3v) is 6.32. The largest absolute Gasteiger partial charge is 0.484 e. The van der Waals surface area contributed by atoms with Crippen molar-refractivity contribution in [3.63, 3.8) is 0 Å². The Morgan fingerprint density at radius 3 is 2.62 bits per heavy atom. The van der Waals surface area contributed by atoms with Crippen molar-refractivity contribution in [2.75, 3.05) is 18.1 Å². The number of aryl methyl sites for hydroxylation is 1. The molecule has 0 spiro atoms. The molecule has 1 aromatic heterocycles. The van der Waals surface area contributed by atoms with Crippen LogP contribution in [0.4, 0.5) is 0 Å². The van der Waals surface area contributed by atoms with Gasteiger partial charge in [0.15, 0.2) is 16.4 Å². The lowest BCUT2D eigenvalue weighted by molar-refractivity contribution is -0.136. The minimum absolute atomic E-state index is 0.00928. The third kappa shape index (κ3) is 4.66. The van der Waals surface area contributed by atoms with Crippen molar-refractivity contribution in [2.45, 2.75) is 32.4 Å². The Labute approximate surface area is 153 Å². The molecule has 7 heteroatoms. The molecule has 0 unspecified atom stereocenters. The first kappa shape index (κ1) is 18.5. The number of carbonyl (C=O) groups excluding carboxylic acids is 1. The number of ether oxygens (including phenoxy) is 1. The lowest BCUT2D eigenvalue weighted by Crippen LogP contribution is -2.43. The number of nitrogens with zero attached hydrogens (tertiary/aromatic N) is 1. The Hall–Kier alpha value is -2.28. The standard InChI is InChI=1S/C19H23NO5S/c1-2-15-5-7-17(8-6-15)25-13-19(21)20(12-18-4-3-10-24-18)16-9-11-26(22,23)14-16/h3-8,10,16H,2,9,11-14H2,1H3/t16-/m0/s1. The zero-order chi connectivity index (χ0) is 18.6. The van der Waals surface area contributed by atoms with E-state index in [4.69, 9.17) is 9.15 Å². The average molecular weight is 377 g/mol. The second-order valence-electron chi connectivity index (χ2n) is 6.44. The fourth-order valence-corrected chi connectivity index (χ4v) is 4.79. The van der Waals surface area contributed by atoms with Crippen molar-refractivity contribution >= 4 is 15.7 Å². The number of rotatable bonds is 7. The van der Waals surface area contributed by atoms with Gasteiger partial charge in [0.1, 0.15) is 11.5 Å². The highest BCUT2D eigenvalue weighted by molar-refractivity contribution is 7.91. The van der Waals surface area contributed by atoms with Gasteiger partial charge in [0.25, 0.3) is 5.91 Å². The highest BCUT2D eigenvalue weighted by atomic mass is 32.2. The van der Waals surface area contributed by atoms with E-state index in [1.54, 1.807) is 17.0 Å². The van der Waals surface area contributed by atoms with Gasteiger partial charge < -0.3 is 14.1 Å². The van der Waals surface area contributed by atoms with E-state index in [-0.39, 0.29) is 36.6 Å². The highest BCUT2D eigenvalue weighted by Crippen LogP contribution is 2.21. The van der Waals surface area contributed by atoms with Crippen LogP contribution in [-0.2, 0) is 27.6 Å². The maximum atomic E-state index is 12.7. The number of benzene rings is 1. The predicted octanol–water partition coefficient (Wildman–Crippen LogP) is 2.44. The summed E-state index contributed by atoms with van der Waals surface area (Å²) in [4.78, 5) is 14.3. The van der Waals surface area contributed by atoms with Crippen LogP contribution in [0.25, 0.3) is 0 Å². The van der Waals surface area contributed by atoms with Crippen LogP contribution in [-0.4, -0.2) is 43.4 Å². The van der Waals surface area contributed by atoms with E-state index < -0.39 is 9.84 Å². The van der Waals surface area contributed by atoms with Gasteiger partial charge in [0, 0.05) is 6.04 Å². The van der Waals surface area contributed by atoms with Crippen LogP contribution in [0.5, 0.6) is 5.75 Å². The lowest BCUT2D eigenvalue weighted by Gasteiger charge is -2.27. The zero-order valence-corrected chi connectivity index (χ0v) is 15.6. The Morgan fingerprint density at radius 2 is 2.04 bits per heavy atom. The Morgan fingerprint density at radius 1 is 1.27 bits per heavy atom. The van der Waals surface area contributed by atoms with E-state index in [1.165, 1.54) is 11.8 Å². The molecule has 1 amide bonds. The first-order valence-corrected chi connectivity index (χ1v) is 10.5. The molecular formula is C19H23NO5S. The van der Waals surface area contributed by atoms with Crippen LogP contribution in [0.15, 0.2) is 47.1 Å². The van der Waals surface area contributed by atoms with E-state index >= 15 is 0 Å². The molecule has 0 N–H and O–H groups in total. The number of hydrogen-bond acceptors (Lipinski definition) is 5. The van der Waals surface area contributed by atoms with Gasteiger partial charge in [-0.15, -0.1) is 0 Å². The molecule has 0 saturated carbocycles. The summed E-state index contributed by atoms with van der Waals surface area (Å²) in [7, 11) is -3.09. The summed E-state index contributed by atoms with van der Waals surface area (Å²) in [6, 6.07) is 10.8. The molecule has 1 aliphatic heterocycles. The molecule has 1 aliphatic rings. The minimum Gasteiger partial charge on any atom is -0.484 e. The molecule has 1 fully saturated rings. The molecule has 140 valence electrons. The molecule has 2 aromatic rings. The Balaban J connectivity index is 1.67. The van der Waals surface area contributed by atoms with Crippen molar-refractivity contribution in [1.29, 1.82) is 0 Å². The van der Waals surface area contributed by atoms with Gasteiger partial charge in [0.2, 0.25) is 0 Å². The van der Waals surface area contributed by atoms with E-state index in [9.17, 15) is 13.2 Å². The van der Waals surface area contributed by atoms with Crippen molar-refractivity contribution < 1.29 is 22.4 Å². The van der Waals surface area contributed by atoms with Gasteiger partial charge in [-0.3, -0.25) is 4.79 Å². The van der Waals surface area contributed by atoms with Crippen molar-refractivity contribution in [3.8, 4) is 5.75 Å². The van der Waals surface area contributed by atoms with Crippen molar-refractivity contribution in [1.82, 2.24) is 4.90 Å². The topological polar surface area (TPSA) is 76.8 Å². The summed E-state index contributed by atoms with van der Waals surface area (Å²) >= 11 is 0. The van der Waals surface area contributed by atoms with Crippen LogP contribution in [0.2, 0.25) is 0 Å². The fourth-order valence-electron chi connectivity index (χ4n) is 3.06. The molecule has 0 bridgehead atoms. The van der Waals surface area contributed by atoms with Crippen molar-refractivity contribution in [2.24, 2.45) is 0 Å². The quantitative estimate of drug-likeness (QED) is 0.741. The van der Waals surface area contributed by atoms with E-state index in [1.807, 2.05) is 24.3 Å². The molecular weight excluding hydrogens is 354 g/mol. The first-order chi connectivity index (χ1) is 12.5. The van der Waals surface area contributed by atoms with Crippen LogP contribution in [0, 0.1) is 0 Å². The predicted molar refractivity (Wildman–Crippen MR) is 97.6 cm³/mol. The molecule has 2 heterocycles. The lowest BCUT2D eigenvalue weighted by atomic mass is 10.2.